The van der Waals surface area contributed by atoms with Crippen LogP contribution in [0.2, 0.25) is 0 Å². The summed E-state index contributed by atoms with van der Waals surface area (Å²) in [6.45, 7) is 6.32. The largest absolute Gasteiger partial charge is 0.462 e. The second-order valence-electron chi connectivity index (χ2n) is 8.64. The molecule has 0 fully saturated rings. The Balaban J connectivity index is 1.39. The molecule has 0 saturated carbocycles. The number of para-hydroxylation sites is 1. The summed E-state index contributed by atoms with van der Waals surface area (Å²) in [5.41, 5.74) is 4.38. The number of aryl methyl sites for hydroxylation is 1. The Morgan fingerprint density at radius 3 is 2.94 bits per heavy atom. The van der Waals surface area contributed by atoms with Gasteiger partial charge in [-0.15, -0.1) is 21.5 Å². The summed E-state index contributed by atoms with van der Waals surface area (Å²) in [7, 11) is 0. The second-order valence-corrected chi connectivity index (χ2v) is 10.7. The Morgan fingerprint density at radius 1 is 1.29 bits per heavy atom. The summed E-state index contributed by atoms with van der Waals surface area (Å²) in [4.78, 5) is 26.8. The first kappa shape index (κ1) is 22.9. The molecule has 1 aromatic carbocycles. The maximum Gasteiger partial charge on any atom is 0.341 e. The number of esters is 1. The minimum Gasteiger partial charge on any atom is -0.462 e. The highest BCUT2D eigenvalue weighted by Crippen LogP contribution is 2.40. The first-order valence-electron chi connectivity index (χ1n) is 11.4. The molecule has 176 valence electrons. The number of nitrogens with one attached hydrogen (secondary N) is 1. The number of hydrogen-bond donors (Lipinski definition) is 1. The molecule has 1 N–H and O–H groups in total. The van der Waals surface area contributed by atoms with Crippen molar-refractivity contribution in [1.29, 1.82) is 0 Å². The van der Waals surface area contributed by atoms with Crippen molar-refractivity contribution in [2.24, 2.45) is 5.92 Å². The van der Waals surface area contributed by atoms with E-state index in [9.17, 15) is 9.59 Å². The molecule has 1 atom stereocenters. The van der Waals surface area contributed by atoms with Gasteiger partial charge in [-0.2, -0.15) is 0 Å². The molecular weight excluding hydrogens is 468 g/mol. The van der Waals surface area contributed by atoms with Crippen LogP contribution in [0.25, 0.3) is 16.6 Å². The first-order valence-corrected chi connectivity index (χ1v) is 13.2. The lowest BCUT2D eigenvalue weighted by Crippen LogP contribution is -2.17. The highest BCUT2D eigenvalue weighted by molar-refractivity contribution is 7.99. The predicted molar refractivity (Wildman–Crippen MR) is 136 cm³/mol. The summed E-state index contributed by atoms with van der Waals surface area (Å²) in [5.74, 6) is 0.184. The molecular formula is C25H26N4O3S2. The van der Waals surface area contributed by atoms with Crippen LogP contribution in [0.1, 0.15) is 46.6 Å². The topological polar surface area (TPSA) is 85.6 Å². The third-order valence-electron chi connectivity index (χ3n) is 6.11. The number of rotatable bonds is 6. The fourth-order valence-electron chi connectivity index (χ4n) is 4.50. The number of anilines is 1. The van der Waals surface area contributed by atoms with Gasteiger partial charge in [0.25, 0.3) is 0 Å². The maximum atomic E-state index is 12.9. The van der Waals surface area contributed by atoms with Gasteiger partial charge in [-0.3, -0.25) is 9.20 Å². The number of hydrogen-bond acceptors (Lipinski definition) is 7. The summed E-state index contributed by atoms with van der Waals surface area (Å²) >= 11 is 2.84. The van der Waals surface area contributed by atoms with Gasteiger partial charge in [-0.05, 0) is 67.7 Å². The number of aromatic nitrogens is 3. The normalized spacial score (nSPS) is 15.4. The molecule has 0 spiro atoms. The van der Waals surface area contributed by atoms with Crippen LogP contribution in [0.4, 0.5) is 5.00 Å². The van der Waals surface area contributed by atoms with Gasteiger partial charge in [0, 0.05) is 4.88 Å². The van der Waals surface area contributed by atoms with Crippen molar-refractivity contribution in [1.82, 2.24) is 14.6 Å². The quantitative estimate of drug-likeness (QED) is 0.290. The van der Waals surface area contributed by atoms with Crippen molar-refractivity contribution >= 4 is 56.5 Å². The molecule has 0 saturated heterocycles. The van der Waals surface area contributed by atoms with Crippen LogP contribution in [0.3, 0.4) is 0 Å². The molecule has 9 heteroatoms. The summed E-state index contributed by atoms with van der Waals surface area (Å²) in [5, 5.41) is 14.0. The lowest BCUT2D eigenvalue weighted by Gasteiger charge is -2.18. The zero-order chi connectivity index (χ0) is 23.8. The van der Waals surface area contributed by atoms with E-state index in [-0.39, 0.29) is 17.6 Å². The highest BCUT2D eigenvalue weighted by Gasteiger charge is 2.29. The van der Waals surface area contributed by atoms with E-state index in [1.54, 1.807) is 6.92 Å². The van der Waals surface area contributed by atoms with E-state index < -0.39 is 0 Å². The van der Waals surface area contributed by atoms with Gasteiger partial charge in [0.1, 0.15) is 5.00 Å². The fraction of sp³-hybridized carbons (Fsp3) is 0.360. The molecule has 4 aromatic rings. The Morgan fingerprint density at radius 2 is 2.12 bits per heavy atom. The molecule has 0 aliphatic heterocycles. The second kappa shape index (κ2) is 9.38. The third kappa shape index (κ3) is 4.18. The average molecular weight is 495 g/mol. The fourth-order valence-corrected chi connectivity index (χ4v) is 6.66. The lowest BCUT2D eigenvalue weighted by atomic mass is 9.88. The number of amides is 1. The minimum atomic E-state index is -0.358. The van der Waals surface area contributed by atoms with Crippen LogP contribution in [0.5, 0.6) is 0 Å². The van der Waals surface area contributed by atoms with Gasteiger partial charge in [-0.1, -0.05) is 36.9 Å². The number of carbonyl (C=O) groups is 2. The smallest absolute Gasteiger partial charge is 0.341 e. The van der Waals surface area contributed by atoms with Crippen LogP contribution in [0, 0.1) is 12.8 Å². The van der Waals surface area contributed by atoms with Crippen molar-refractivity contribution < 1.29 is 14.3 Å². The van der Waals surface area contributed by atoms with Gasteiger partial charge in [0.15, 0.2) is 10.8 Å². The van der Waals surface area contributed by atoms with Crippen molar-refractivity contribution in [2.75, 3.05) is 17.7 Å². The number of thioether (sulfide) groups is 1. The summed E-state index contributed by atoms with van der Waals surface area (Å²) < 4.78 is 7.31. The number of pyridine rings is 1. The molecule has 0 bridgehead atoms. The number of ether oxygens (including phenoxy) is 1. The molecule has 0 unspecified atom stereocenters. The standard InChI is InChI=1S/C25H26N4O3S2/c1-4-32-24(31)21-17-10-9-14(2)11-19(17)34-23(21)26-20(30)13-33-25-28-27-22-15(3)12-16-7-5-6-8-18(16)29(22)25/h5-8,12,14H,4,9-11,13H2,1-3H3,(H,26,30)/t14-/m0/s1. The molecule has 7 nitrogen and oxygen atoms in total. The van der Waals surface area contributed by atoms with Gasteiger partial charge in [0.2, 0.25) is 5.91 Å². The van der Waals surface area contributed by atoms with Crippen molar-refractivity contribution in [3.8, 4) is 0 Å². The highest BCUT2D eigenvalue weighted by atomic mass is 32.2. The van der Waals surface area contributed by atoms with Gasteiger partial charge >= 0.3 is 5.97 Å². The SMILES string of the molecule is CCOC(=O)c1c(NC(=O)CSc2nnc3c(C)cc4ccccc4n23)sc2c1CC[C@H](C)C2. The maximum absolute atomic E-state index is 12.9. The number of carbonyl (C=O) groups excluding carboxylic acids is 2. The zero-order valence-corrected chi connectivity index (χ0v) is 21.0. The third-order valence-corrected chi connectivity index (χ3v) is 8.21. The van der Waals surface area contributed by atoms with E-state index in [0.717, 1.165) is 46.9 Å². The lowest BCUT2D eigenvalue weighted by molar-refractivity contribution is -0.113. The van der Waals surface area contributed by atoms with Gasteiger partial charge in [0.05, 0.1) is 23.4 Å². The monoisotopic (exact) mass is 494 g/mol. The van der Waals surface area contributed by atoms with Crippen molar-refractivity contribution in [3.63, 3.8) is 0 Å². The van der Waals surface area contributed by atoms with Crippen LogP contribution in [-0.4, -0.2) is 38.8 Å². The number of thiophene rings is 1. The number of fused-ring (bicyclic) bond motifs is 4. The van der Waals surface area contributed by atoms with Crippen LogP contribution in [-0.2, 0) is 22.4 Å². The van der Waals surface area contributed by atoms with E-state index in [1.165, 1.54) is 28.0 Å². The van der Waals surface area contributed by atoms with Crippen molar-refractivity contribution in [2.45, 2.75) is 45.2 Å². The van der Waals surface area contributed by atoms with E-state index in [1.807, 2.05) is 29.5 Å². The molecule has 1 aliphatic rings. The molecule has 5 rings (SSSR count). The van der Waals surface area contributed by atoms with Gasteiger partial charge in [-0.25, -0.2) is 4.79 Å². The van der Waals surface area contributed by atoms with Gasteiger partial charge < -0.3 is 10.1 Å². The average Bonchev–Trinajstić information content (AvgIpc) is 3.39. The Bertz CT molecular complexity index is 1410. The van der Waals surface area contributed by atoms with Crippen LogP contribution in [0.15, 0.2) is 35.5 Å². The molecule has 3 heterocycles. The molecule has 3 aromatic heterocycles. The minimum absolute atomic E-state index is 0.157. The van der Waals surface area contributed by atoms with E-state index >= 15 is 0 Å². The Labute approximate surface area is 205 Å². The predicted octanol–water partition coefficient (Wildman–Crippen LogP) is 5.28. The molecule has 1 aliphatic carbocycles. The van der Waals surface area contributed by atoms with E-state index in [4.69, 9.17) is 4.74 Å². The zero-order valence-electron chi connectivity index (χ0n) is 19.4. The summed E-state index contributed by atoms with van der Waals surface area (Å²) in [6, 6.07) is 10.2. The van der Waals surface area contributed by atoms with Crippen LogP contribution >= 0.6 is 23.1 Å². The first-order chi connectivity index (χ1) is 16.5. The molecule has 0 radical (unpaired) electrons. The van der Waals surface area contributed by atoms with Crippen molar-refractivity contribution in [3.05, 3.63) is 51.9 Å². The van der Waals surface area contributed by atoms with E-state index in [2.05, 4.69) is 34.6 Å². The number of nitrogens with zero attached hydrogens (tertiary/aromatic N) is 3. The van der Waals surface area contributed by atoms with Crippen LogP contribution < -0.4 is 5.32 Å². The molecule has 34 heavy (non-hydrogen) atoms. The summed E-state index contributed by atoms with van der Waals surface area (Å²) in [6.07, 6.45) is 2.80. The Kier molecular flexibility index (Phi) is 6.31. The molecule has 1 amide bonds. The Hall–Kier alpha value is -2.91. The number of benzene rings is 1. The van der Waals surface area contributed by atoms with E-state index in [0.29, 0.717) is 28.2 Å².